The third-order valence-electron chi connectivity index (χ3n) is 5.43. The Labute approximate surface area is 190 Å². The lowest BCUT2D eigenvalue weighted by atomic mass is 10.0. The molecule has 0 spiro atoms. The Morgan fingerprint density at radius 1 is 0.906 bits per heavy atom. The lowest BCUT2D eigenvalue weighted by Crippen LogP contribution is -2.41. The van der Waals surface area contributed by atoms with Crippen molar-refractivity contribution in [3.63, 3.8) is 0 Å². The Balaban J connectivity index is 1.57. The summed E-state index contributed by atoms with van der Waals surface area (Å²) in [5, 5.41) is 9.46. The van der Waals surface area contributed by atoms with Crippen LogP contribution in [-0.2, 0) is 4.79 Å². The van der Waals surface area contributed by atoms with Crippen molar-refractivity contribution in [2.75, 3.05) is 6.61 Å². The molecule has 1 unspecified atom stereocenters. The predicted molar refractivity (Wildman–Crippen MR) is 129 cm³/mol. The van der Waals surface area contributed by atoms with Gasteiger partial charge in [-0.15, -0.1) is 0 Å². The number of ether oxygens (including phenoxy) is 2. The zero-order valence-corrected chi connectivity index (χ0v) is 18.9. The van der Waals surface area contributed by atoms with E-state index in [1.807, 2.05) is 31.2 Å². The summed E-state index contributed by atoms with van der Waals surface area (Å²) in [6.45, 7) is 6.05. The van der Waals surface area contributed by atoms with Crippen molar-refractivity contribution in [2.45, 2.75) is 39.2 Å². The highest BCUT2D eigenvalue weighted by Gasteiger charge is 2.34. The number of allylic oxidation sites excluding steroid dienone is 1. The maximum absolute atomic E-state index is 11.5. The van der Waals surface area contributed by atoms with E-state index in [4.69, 9.17) is 9.47 Å². The summed E-state index contributed by atoms with van der Waals surface area (Å²) in [6.07, 6.45) is 3.21. The average Bonchev–Trinajstić information content (AvgIpc) is 2.81. The molecule has 0 saturated carbocycles. The molecule has 4 nitrogen and oxygen atoms in total. The van der Waals surface area contributed by atoms with Crippen molar-refractivity contribution < 1.29 is 19.4 Å². The van der Waals surface area contributed by atoms with E-state index in [1.54, 1.807) is 31.2 Å². The van der Waals surface area contributed by atoms with Crippen molar-refractivity contribution in [2.24, 2.45) is 0 Å². The molecule has 0 fully saturated rings. The Bertz CT molecular complexity index is 1040. The SMILES string of the molecule is CCCC(C)(Oc1ccc(OCC=C(C)c2ccc(-c3ccccc3)cc2)cc1)C(=O)O. The summed E-state index contributed by atoms with van der Waals surface area (Å²) in [4.78, 5) is 11.5. The highest BCUT2D eigenvalue weighted by Crippen LogP contribution is 2.26. The first-order chi connectivity index (χ1) is 15.4. The van der Waals surface area contributed by atoms with Crippen LogP contribution in [-0.4, -0.2) is 23.3 Å². The van der Waals surface area contributed by atoms with E-state index in [9.17, 15) is 9.90 Å². The normalized spacial score (nSPS) is 13.3. The molecule has 0 amide bonds. The van der Waals surface area contributed by atoms with Crippen molar-refractivity contribution >= 4 is 11.5 Å². The number of aliphatic carboxylic acids is 1. The summed E-state index contributed by atoms with van der Waals surface area (Å²) in [5.74, 6) is 0.256. The van der Waals surface area contributed by atoms with Crippen molar-refractivity contribution in [1.82, 2.24) is 0 Å². The van der Waals surface area contributed by atoms with E-state index >= 15 is 0 Å². The minimum Gasteiger partial charge on any atom is -0.490 e. The smallest absolute Gasteiger partial charge is 0.347 e. The second kappa shape index (κ2) is 10.7. The molecule has 166 valence electrons. The molecule has 1 atom stereocenters. The second-order valence-corrected chi connectivity index (χ2v) is 8.00. The Morgan fingerprint density at radius 3 is 2.09 bits per heavy atom. The van der Waals surface area contributed by atoms with Crippen molar-refractivity contribution in [3.05, 3.63) is 90.5 Å². The van der Waals surface area contributed by atoms with Gasteiger partial charge in [-0.25, -0.2) is 4.79 Å². The van der Waals surface area contributed by atoms with Crippen molar-refractivity contribution in [3.8, 4) is 22.6 Å². The third-order valence-corrected chi connectivity index (χ3v) is 5.43. The standard InChI is InChI=1S/C28H30O4/c1-4-19-28(3,27(29)30)32-26-16-14-25(15-17-26)31-20-18-21(2)22-10-12-24(13-11-22)23-8-6-5-7-9-23/h5-18H,4,19-20H2,1-3H3,(H,29,30). The van der Waals surface area contributed by atoms with Gasteiger partial charge >= 0.3 is 5.97 Å². The molecule has 0 aliphatic carbocycles. The summed E-state index contributed by atoms with van der Waals surface area (Å²) in [7, 11) is 0. The fraction of sp³-hybridized carbons (Fsp3) is 0.250. The van der Waals surface area contributed by atoms with Gasteiger partial charge in [0.2, 0.25) is 5.60 Å². The van der Waals surface area contributed by atoms with Crippen LogP contribution in [0.15, 0.2) is 84.9 Å². The molecule has 0 radical (unpaired) electrons. The monoisotopic (exact) mass is 430 g/mol. The molecule has 3 aromatic rings. The molecule has 3 rings (SSSR count). The predicted octanol–water partition coefficient (Wildman–Crippen LogP) is 6.86. The lowest BCUT2D eigenvalue weighted by Gasteiger charge is -2.26. The zero-order chi connectivity index (χ0) is 23.0. The van der Waals surface area contributed by atoms with Crippen LogP contribution in [0.3, 0.4) is 0 Å². The molecule has 3 aromatic carbocycles. The first-order valence-corrected chi connectivity index (χ1v) is 10.9. The molecule has 32 heavy (non-hydrogen) atoms. The quantitative estimate of drug-likeness (QED) is 0.382. The maximum Gasteiger partial charge on any atom is 0.347 e. The third kappa shape index (κ3) is 6.01. The molecular formula is C28H30O4. The summed E-state index contributed by atoms with van der Waals surface area (Å²) in [6, 6.07) is 25.9. The minimum absolute atomic E-state index is 0.440. The summed E-state index contributed by atoms with van der Waals surface area (Å²) in [5.41, 5.74) is 3.46. The molecule has 0 aliphatic heterocycles. The molecule has 0 bridgehead atoms. The van der Waals surface area contributed by atoms with E-state index in [0.717, 1.165) is 17.6 Å². The van der Waals surface area contributed by atoms with Gasteiger partial charge in [-0.3, -0.25) is 0 Å². The van der Waals surface area contributed by atoms with Gasteiger partial charge in [-0.2, -0.15) is 0 Å². The number of rotatable bonds is 10. The van der Waals surface area contributed by atoms with Gasteiger partial charge in [0.25, 0.3) is 0 Å². The van der Waals surface area contributed by atoms with Gasteiger partial charge in [0, 0.05) is 0 Å². The van der Waals surface area contributed by atoms with Gasteiger partial charge in [-0.05, 0) is 72.9 Å². The molecule has 0 heterocycles. The number of carboxylic acid groups (broad SMARTS) is 1. The average molecular weight is 431 g/mol. The maximum atomic E-state index is 11.5. The Hall–Kier alpha value is -3.53. The van der Waals surface area contributed by atoms with E-state index < -0.39 is 11.6 Å². The van der Waals surface area contributed by atoms with E-state index in [0.29, 0.717) is 24.5 Å². The molecule has 1 N–H and O–H groups in total. The topological polar surface area (TPSA) is 55.8 Å². The first-order valence-electron chi connectivity index (χ1n) is 10.9. The summed E-state index contributed by atoms with van der Waals surface area (Å²) < 4.78 is 11.6. The molecule has 0 aliphatic rings. The Kier molecular flexibility index (Phi) is 7.72. The van der Waals surface area contributed by atoms with Gasteiger partial charge in [-0.1, -0.05) is 67.9 Å². The van der Waals surface area contributed by atoms with Crippen LogP contribution in [0.5, 0.6) is 11.5 Å². The molecule has 0 saturated heterocycles. The highest BCUT2D eigenvalue weighted by molar-refractivity contribution is 5.77. The van der Waals surface area contributed by atoms with Gasteiger partial charge in [0.1, 0.15) is 18.1 Å². The first kappa shape index (κ1) is 23.1. The number of carboxylic acids is 1. The van der Waals surface area contributed by atoms with Crippen LogP contribution in [0, 0.1) is 0 Å². The molecule has 4 heteroatoms. The van der Waals surface area contributed by atoms with Crippen LogP contribution >= 0.6 is 0 Å². The summed E-state index contributed by atoms with van der Waals surface area (Å²) >= 11 is 0. The fourth-order valence-corrected chi connectivity index (χ4v) is 3.48. The highest BCUT2D eigenvalue weighted by atomic mass is 16.5. The van der Waals surface area contributed by atoms with Gasteiger partial charge in [0.15, 0.2) is 0 Å². The zero-order valence-electron chi connectivity index (χ0n) is 18.9. The van der Waals surface area contributed by atoms with E-state index in [2.05, 4.69) is 43.3 Å². The van der Waals surface area contributed by atoms with Gasteiger partial charge in [0.05, 0.1) is 0 Å². The number of benzene rings is 3. The fourth-order valence-electron chi connectivity index (χ4n) is 3.48. The lowest BCUT2D eigenvalue weighted by molar-refractivity contribution is -0.154. The number of carbonyl (C=O) groups is 1. The van der Waals surface area contributed by atoms with Crippen LogP contribution in [0.4, 0.5) is 0 Å². The van der Waals surface area contributed by atoms with Crippen molar-refractivity contribution in [1.29, 1.82) is 0 Å². The Morgan fingerprint density at radius 2 is 1.50 bits per heavy atom. The minimum atomic E-state index is -1.23. The largest absolute Gasteiger partial charge is 0.490 e. The van der Waals surface area contributed by atoms with E-state index in [1.165, 1.54) is 11.1 Å². The van der Waals surface area contributed by atoms with Crippen LogP contribution < -0.4 is 9.47 Å². The molecular weight excluding hydrogens is 400 g/mol. The molecule has 0 aromatic heterocycles. The van der Waals surface area contributed by atoms with E-state index in [-0.39, 0.29) is 0 Å². The number of hydrogen-bond acceptors (Lipinski definition) is 3. The van der Waals surface area contributed by atoms with Crippen LogP contribution in [0.2, 0.25) is 0 Å². The number of hydrogen-bond donors (Lipinski definition) is 1. The van der Waals surface area contributed by atoms with Crippen LogP contribution in [0.1, 0.15) is 39.2 Å². The van der Waals surface area contributed by atoms with Gasteiger partial charge < -0.3 is 14.6 Å². The van der Waals surface area contributed by atoms with Crippen LogP contribution in [0.25, 0.3) is 16.7 Å². The second-order valence-electron chi connectivity index (χ2n) is 8.00.